The van der Waals surface area contributed by atoms with E-state index in [-0.39, 0.29) is 0 Å². The molecule has 8 aromatic carbocycles. The highest BCUT2D eigenvalue weighted by atomic mass is 16.3. The minimum atomic E-state index is 0.640. The lowest BCUT2D eigenvalue weighted by molar-refractivity contribution is 0.669. The van der Waals surface area contributed by atoms with Crippen molar-refractivity contribution in [3.8, 4) is 22.9 Å². The van der Waals surface area contributed by atoms with Crippen molar-refractivity contribution < 1.29 is 4.42 Å². The minimum absolute atomic E-state index is 0.640. The van der Waals surface area contributed by atoms with Gasteiger partial charge >= 0.3 is 0 Å². The van der Waals surface area contributed by atoms with Crippen LogP contribution in [0.2, 0.25) is 0 Å². The lowest BCUT2D eigenvalue weighted by Crippen LogP contribution is -2.03. The summed E-state index contributed by atoms with van der Waals surface area (Å²) in [4.78, 5) is 10.8. The molecule has 0 aliphatic rings. The van der Waals surface area contributed by atoms with Crippen molar-refractivity contribution in [3.05, 3.63) is 170 Å². The van der Waals surface area contributed by atoms with Gasteiger partial charge in [-0.25, -0.2) is 9.97 Å². The highest BCUT2D eigenvalue weighted by molar-refractivity contribution is 6.31. The van der Waals surface area contributed by atoms with E-state index in [9.17, 15) is 0 Å². The van der Waals surface area contributed by atoms with E-state index >= 15 is 0 Å². The van der Waals surface area contributed by atoms with Crippen LogP contribution in [0.3, 0.4) is 0 Å². The van der Waals surface area contributed by atoms with Gasteiger partial charge in [0.05, 0.1) is 38.7 Å². The average molecular weight is 677 g/mol. The van der Waals surface area contributed by atoms with Crippen LogP contribution >= 0.6 is 0 Å². The summed E-state index contributed by atoms with van der Waals surface area (Å²) in [6.07, 6.45) is 0. The molecule has 0 unspecified atom stereocenters. The number of rotatable bonds is 3. The van der Waals surface area contributed by atoms with Crippen molar-refractivity contribution in [1.82, 2.24) is 19.1 Å². The molecule has 0 amide bonds. The molecule has 5 heteroatoms. The molecule has 0 spiro atoms. The first kappa shape index (κ1) is 28.5. The highest BCUT2D eigenvalue weighted by Crippen LogP contribution is 2.45. The summed E-state index contributed by atoms with van der Waals surface area (Å²) >= 11 is 0. The molecule has 12 rings (SSSR count). The van der Waals surface area contributed by atoms with Gasteiger partial charge in [0.1, 0.15) is 11.2 Å². The molecule has 4 heterocycles. The van der Waals surface area contributed by atoms with Crippen LogP contribution in [-0.4, -0.2) is 19.1 Å². The minimum Gasteiger partial charge on any atom is -0.456 e. The van der Waals surface area contributed by atoms with Gasteiger partial charge in [-0.3, -0.25) is 4.57 Å². The van der Waals surface area contributed by atoms with Gasteiger partial charge in [0.25, 0.3) is 0 Å². The Hall–Kier alpha value is -7.24. The summed E-state index contributed by atoms with van der Waals surface area (Å²) in [5, 5.41) is 10.2. The monoisotopic (exact) mass is 676 g/mol. The number of nitrogens with zero attached hydrogens (tertiary/aromatic N) is 4. The van der Waals surface area contributed by atoms with E-state index in [0.717, 1.165) is 93.4 Å². The van der Waals surface area contributed by atoms with Crippen LogP contribution in [0.15, 0.2) is 174 Å². The Morgan fingerprint density at radius 1 is 0.415 bits per heavy atom. The van der Waals surface area contributed by atoms with E-state index in [4.69, 9.17) is 14.4 Å². The first-order chi connectivity index (χ1) is 26.3. The summed E-state index contributed by atoms with van der Waals surface area (Å²) in [6, 6.07) is 59.9. The Balaban J connectivity index is 1.27. The normalized spacial score (nSPS) is 12.2. The van der Waals surface area contributed by atoms with Gasteiger partial charge < -0.3 is 8.98 Å². The Morgan fingerprint density at radius 2 is 1.13 bits per heavy atom. The fourth-order valence-electron chi connectivity index (χ4n) is 8.63. The smallest absolute Gasteiger partial charge is 0.235 e. The van der Waals surface area contributed by atoms with Crippen LogP contribution in [-0.2, 0) is 0 Å². The zero-order valence-corrected chi connectivity index (χ0v) is 28.4. The fraction of sp³-hybridized carbons (Fsp3) is 0. The van der Waals surface area contributed by atoms with E-state index in [2.05, 4.69) is 173 Å². The van der Waals surface area contributed by atoms with Crippen molar-refractivity contribution in [1.29, 1.82) is 0 Å². The summed E-state index contributed by atoms with van der Waals surface area (Å²) < 4.78 is 11.1. The topological polar surface area (TPSA) is 48.8 Å². The predicted octanol–water partition coefficient (Wildman–Crippen LogP) is 12.5. The number of hydrogen-bond donors (Lipinski definition) is 0. The molecule has 12 aromatic rings. The van der Waals surface area contributed by atoms with Crippen molar-refractivity contribution in [2.75, 3.05) is 0 Å². The SMILES string of the molecule is c1ccc(-n2c3ccc4c5ccccc5n(-c5nc(-c6ccc7ccccc7c6)c6ccccc6n5)c4c3c3ccc4oc5ccccc5c4c32)cc1. The maximum absolute atomic E-state index is 6.46. The van der Waals surface area contributed by atoms with Crippen molar-refractivity contribution in [3.63, 3.8) is 0 Å². The molecule has 0 saturated heterocycles. The van der Waals surface area contributed by atoms with Gasteiger partial charge in [0.15, 0.2) is 0 Å². The number of para-hydroxylation sites is 4. The molecule has 0 aliphatic heterocycles. The molecule has 53 heavy (non-hydrogen) atoms. The third kappa shape index (κ3) is 3.96. The van der Waals surface area contributed by atoms with Crippen LogP contribution in [0.5, 0.6) is 0 Å². The number of hydrogen-bond acceptors (Lipinski definition) is 3. The van der Waals surface area contributed by atoms with Gasteiger partial charge in [0.2, 0.25) is 5.95 Å². The molecule has 5 nitrogen and oxygen atoms in total. The number of aromatic nitrogens is 4. The van der Waals surface area contributed by atoms with Gasteiger partial charge in [0, 0.05) is 43.6 Å². The maximum Gasteiger partial charge on any atom is 0.235 e. The second-order valence-electron chi connectivity index (χ2n) is 13.8. The molecule has 0 saturated carbocycles. The van der Waals surface area contributed by atoms with E-state index < -0.39 is 0 Å². The summed E-state index contributed by atoms with van der Waals surface area (Å²) in [5.41, 5.74) is 10.1. The zero-order chi connectivity index (χ0) is 34.6. The Labute approximate surface area is 302 Å². The number of benzene rings is 8. The Morgan fingerprint density at radius 3 is 2.04 bits per heavy atom. The second-order valence-corrected chi connectivity index (χ2v) is 13.8. The molecule has 0 fully saturated rings. The molecular weight excluding hydrogens is 649 g/mol. The Kier molecular flexibility index (Phi) is 5.71. The molecule has 0 aliphatic carbocycles. The third-order valence-corrected chi connectivity index (χ3v) is 10.9. The number of fused-ring (bicyclic) bond motifs is 13. The lowest BCUT2D eigenvalue weighted by Gasteiger charge is -2.13. The fourth-order valence-corrected chi connectivity index (χ4v) is 8.63. The molecule has 4 aromatic heterocycles. The zero-order valence-electron chi connectivity index (χ0n) is 28.4. The summed E-state index contributed by atoms with van der Waals surface area (Å²) in [6.45, 7) is 0. The van der Waals surface area contributed by atoms with Crippen LogP contribution in [0.1, 0.15) is 0 Å². The van der Waals surface area contributed by atoms with Crippen molar-refractivity contribution >= 4 is 87.2 Å². The van der Waals surface area contributed by atoms with Crippen LogP contribution in [0.25, 0.3) is 110 Å². The largest absolute Gasteiger partial charge is 0.456 e. The molecule has 0 N–H and O–H groups in total. The van der Waals surface area contributed by atoms with Crippen molar-refractivity contribution in [2.45, 2.75) is 0 Å². The molecule has 0 radical (unpaired) electrons. The number of furan rings is 1. The molecule has 246 valence electrons. The molecule has 0 atom stereocenters. The first-order valence-electron chi connectivity index (χ1n) is 17.9. The highest BCUT2D eigenvalue weighted by Gasteiger charge is 2.25. The maximum atomic E-state index is 6.46. The molecular formula is C48H28N4O. The van der Waals surface area contributed by atoms with Crippen LogP contribution in [0, 0.1) is 0 Å². The van der Waals surface area contributed by atoms with E-state index in [1.54, 1.807) is 0 Å². The van der Waals surface area contributed by atoms with E-state index in [1.807, 2.05) is 6.07 Å². The van der Waals surface area contributed by atoms with E-state index in [0.29, 0.717) is 5.95 Å². The lowest BCUT2D eigenvalue weighted by atomic mass is 10.0. The first-order valence-corrected chi connectivity index (χ1v) is 17.9. The quantitative estimate of drug-likeness (QED) is 0.187. The Bertz CT molecular complexity index is 3460. The predicted molar refractivity (Wildman–Crippen MR) is 218 cm³/mol. The van der Waals surface area contributed by atoms with Gasteiger partial charge in [-0.05, 0) is 65.4 Å². The van der Waals surface area contributed by atoms with Crippen LogP contribution < -0.4 is 0 Å². The standard InChI is InChI=1S/C48H28N4O/c1-2-14-32(15-3-1)51-40-26-24-34-33-16-7-10-20-39(33)52(46(34)43(40)37-25-27-42-44(47(37)51)36-18-8-11-21-41(36)53-42)48-49-38-19-9-6-17-35(38)45(50-48)31-23-22-29-12-4-5-13-30(29)28-31/h1-28H. The second kappa shape index (κ2) is 10.6. The average Bonchev–Trinajstić information content (AvgIpc) is 3.88. The van der Waals surface area contributed by atoms with Gasteiger partial charge in [-0.15, -0.1) is 0 Å². The molecule has 0 bridgehead atoms. The van der Waals surface area contributed by atoms with Gasteiger partial charge in [-0.1, -0.05) is 115 Å². The van der Waals surface area contributed by atoms with Gasteiger partial charge in [-0.2, -0.15) is 0 Å². The van der Waals surface area contributed by atoms with E-state index in [1.165, 1.54) is 10.8 Å². The van der Waals surface area contributed by atoms with Crippen molar-refractivity contribution in [2.24, 2.45) is 0 Å². The summed E-state index contributed by atoms with van der Waals surface area (Å²) in [5.74, 6) is 0.640. The third-order valence-electron chi connectivity index (χ3n) is 10.9. The summed E-state index contributed by atoms with van der Waals surface area (Å²) in [7, 11) is 0. The van der Waals surface area contributed by atoms with Crippen LogP contribution in [0.4, 0.5) is 0 Å².